The predicted molar refractivity (Wildman–Crippen MR) is 110 cm³/mol. The van der Waals surface area contributed by atoms with Crippen LogP contribution in [0, 0.1) is 13.8 Å². The van der Waals surface area contributed by atoms with Gasteiger partial charge < -0.3 is 9.64 Å². The molecule has 5 nitrogen and oxygen atoms in total. The van der Waals surface area contributed by atoms with E-state index < -0.39 is 10.0 Å². The molecule has 0 amide bonds. The summed E-state index contributed by atoms with van der Waals surface area (Å²) in [6.07, 6.45) is 0.497. The maximum absolute atomic E-state index is 12.8. The number of hydrogen-bond acceptors (Lipinski definition) is 4. The van der Waals surface area contributed by atoms with Gasteiger partial charge in [0.05, 0.1) is 12.9 Å². The van der Waals surface area contributed by atoms with Crippen LogP contribution in [0.25, 0.3) is 0 Å². The molecule has 2 aromatic rings. The second-order valence-corrected chi connectivity index (χ2v) is 9.11. The molecule has 0 N–H and O–H groups in total. The number of piperazine rings is 1. The van der Waals surface area contributed by atoms with Crippen LogP contribution in [0.5, 0.6) is 5.75 Å². The second kappa shape index (κ2) is 8.31. The summed E-state index contributed by atoms with van der Waals surface area (Å²) in [5, 5.41) is 0. The van der Waals surface area contributed by atoms with Crippen molar-refractivity contribution in [2.45, 2.75) is 20.3 Å². The van der Waals surface area contributed by atoms with E-state index in [1.807, 2.05) is 24.3 Å². The fraction of sp³-hybridized carbons (Fsp3) is 0.429. The lowest BCUT2D eigenvalue weighted by molar-refractivity contribution is 0.384. The Balaban J connectivity index is 1.60. The van der Waals surface area contributed by atoms with Gasteiger partial charge in [-0.15, -0.1) is 0 Å². The van der Waals surface area contributed by atoms with Crippen LogP contribution in [-0.4, -0.2) is 51.8 Å². The molecule has 0 unspecified atom stereocenters. The van der Waals surface area contributed by atoms with Crippen LogP contribution in [-0.2, 0) is 16.4 Å². The highest BCUT2D eigenvalue weighted by Gasteiger charge is 2.27. The van der Waals surface area contributed by atoms with Crippen LogP contribution >= 0.6 is 0 Å². The Labute approximate surface area is 162 Å². The van der Waals surface area contributed by atoms with E-state index in [-0.39, 0.29) is 5.75 Å². The number of methoxy groups -OCH3 is 1. The number of benzene rings is 2. The zero-order valence-corrected chi connectivity index (χ0v) is 17.1. The molecule has 1 fully saturated rings. The van der Waals surface area contributed by atoms with Gasteiger partial charge in [0.25, 0.3) is 0 Å². The molecule has 2 aromatic carbocycles. The molecule has 0 spiro atoms. The Morgan fingerprint density at radius 3 is 2.41 bits per heavy atom. The predicted octanol–water partition coefficient (Wildman–Crippen LogP) is 3.01. The molecule has 6 heteroatoms. The van der Waals surface area contributed by atoms with Gasteiger partial charge in [-0.3, -0.25) is 0 Å². The minimum absolute atomic E-state index is 0.129. The summed E-state index contributed by atoms with van der Waals surface area (Å²) in [7, 11) is -1.64. The molecule has 1 aliphatic heterocycles. The number of sulfonamides is 1. The van der Waals surface area contributed by atoms with Gasteiger partial charge in [0.15, 0.2) is 0 Å². The van der Waals surface area contributed by atoms with Gasteiger partial charge in [-0.1, -0.05) is 24.3 Å². The van der Waals surface area contributed by atoms with Crippen LogP contribution in [0.3, 0.4) is 0 Å². The molecule has 0 atom stereocenters. The third-order valence-corrected chi connectivity index (χ3v) is 7.20. The zero-order chi connectivity index (χ0) is 19.4. The van der Waals surface area contributed by atoms with E-state index in [0.717, 1.165) is 24.4 Å². The summed E-state index contributed by atoms with van der Waals surface area (Å²) < 4.78 is 32.4. The SMILES string of the molecule is COc1cccc(CCS(=O)(=O)N2CCN(c3cccc(C)c3C)CC2)c1. The van der Waals surface area contributed by atoms with Crippen molar-refractivity contribution in [1.82, 2.24) is 4.31 Å². The molecular weight excluding hydrogens is 360 g/mol. The molecule has 1 saturated heterocycles. The Hall–Kier alpha value is -2.05. The second-order valence-electron chi connectivity index (χ2n) is 7.02. The smallest absolute Gasteiger partial charge is 0.214 e. The fourth-order valence-electron chi connectivity index (χ4n) is 3.49. The largest absolute Gasteiger partial charge is 0.497 e. The van der Waals surface area contributed by atoms with Crippen molar-refractivity contribution in [2.24, 2.45) is 0 Å². The van der Waals surface area contributed by atoms with E-state index in [4.69, 9.17) is 4.74 Å². The van der Waals surface area contributed by atoms with Gasteiger partial charge in [0, 0.05) is 31.9 Å². The maximum atomic E-state index is 12.8. The summed E-state index contributed by atoms with van der Waals surface area (Å²) in [5.41, 5.74) is 4.73. The van der Waals surface area contributed by atoms with E-state index in [0.29, 0.717) is 19.5 Å². The number of ether oxygens (including phenoxy) is 1. The third kappa shape index (κ3) is 4.62. The van der Waals surface area contributed by atoms with Crippen LogP contribution < -0.4 is 9.64 Å². The Kier molecular flexibility index (Phi) is 6.07. The average molecular weight is 389 g/mol. The lowest BCUT2D eigenvalue weighted by Gasteiger charge is -2.36. The molecule has 146 valence electrons. The lowest BCUT2D eigenvalue weighted by atomic mass is 10.1. The standard InChI is InChI=1S/C21H28N2O3S/c1-17-6-4-9-21(18(17)2)22-11-13-23(14-12-22)27(24,25)15-10-19-7-5-8-20(16-19)26-3/h4-9,16H,10-15H2,1-3H3. The van der Waals surface area contributed by atoms with Gasteiger partial charge in [0.1, 0.15) is 5.75 Å². The molecule has 0 saturated carbocycles. The number of anilines is 1. The number of rotatable bonds is 6. The summed E-state index contributed by atoms with van der Waals surface area (Å²) in [4.78, 5) is 2.29. The van der Waals surface area contributed by atoms with Crippen molar-refractivity contribution >= 4 is 15.7 Å². The van der Waals surface area contributed by atoms with E-state index in [9.17, 15) is 8.42 Å². The highest BCUT2D eigenvalue weighted by molar-refractivity contribution is 7.89. The number of aryl methyl sites for hydroxylation is 2. The maximum Gasteiger partial charge on any atom is 0.214 e. The molecule has 1 aliphatic rings. The molecule has 0 aliphatic carbocycles. The normalized spacial score (nSPS) is 15.7. The number of nitrogens with zero attached hydrogens (tertiary/aromatic N) is 2. The molecule has 0 radical (unpaired) electrons. The van der Waals surface area contributed by atoms with Crippen LogP contribution in [0.15, 0.2) is 42.5 Å². The van der Waals surface area contributed by atoms with E-state index >= 15 is 0 Å². The first-order valence-electron chi connectivity index (χ1n) is 9.32. The Morgan fingerprint density at radius 1 is 1.00 bits per heavy atom. The molecular formula is C21H28N2O3S. The molecule has 1 heterocycles. The molecule has 0 aromatic heterocycles. The van der Waals surface area contributed by atoms with Crippen LogP contribution in [0.4, 0.5) is 5.69 Å². The van der Waals surface area contributed by atoms with Crippen molar-refractivity contribution in [3.63, 3.8) is 0 Å². The van der Waals surface area contributed by atoms with Crippen molar-refractivity contribution in [1.29, 1.82) is 0 Å². The minimum atomic E-state index is -3.26. The van der Waals surface area contributed by atoms with Crippen molar-refractivity contribution < 1.29 is 13.2 Å². The first-order chi connectivity index (χ1) is 12.9. The molecule has 3 rings (SSSR count). The topological polar surface area (TPSA) is 49.9 Å². The summed E-state index contributed by atoms with van der Waals surface area (Å²) in [5.74, 6) is 0.885. The van der Waals surface area contributed by atoms with Crippen LogP contribution in [0.2, 0.25) is 0 Å². The zero-order valence-electron chi connectivity index (χ0n) is 16.3. The van der Waals surface area contributed by atoms with Gasteiger partial charge in [-0.05, 0) is 55.2 Å². The minimum Gasteiger partial charge on any atom is -0.497 e. The summed E-state index contributed by atoms with van der Waals surface area (Å²) in [6.45, 7) is 6.76. The first-order valence-corrected chi connectivity index (χ1v) is 10.9. The van der Waals surface area contributed by atoms with Crippen LogP contribution in [0.1, 0.15) is 16.7 Å². The van der Waals surface area contributed by atoms with Gasteiger partial charge >= 0.3 is 0 Å². The van der Waals surface area contributed by atoms with Gasteiger partial charge in [-0.25, -0.2) is 8.42 Å². The highest BCUT2D eigenvalue weighted by Crippen LogP contribution is 2.24. The third-order valence-electron chi connectivity index (χ3n) is 5.33. The van der Waals surface area contributed by atoms with Crippen molar-refractivity contribution in [2.75, 3.05) is 43.9 Å². The van der Waals surface area contributed by atoms with Crippen molar-refractivity contribution in [3.05, 3.63) is 59.2 Å². The highest BCUT2D eigenvalue weighted by atomic mass is 32.2. The van der Waals surface area contributed by atoms with E-state index in [1.54, 1.807) is 11.4 Å². The first kappa shape index (κ1) is 19.7. The Bertz CT molecular complexity index is 888. The lowest BCUT2D eigenvalue weighted by Crippen LogP contribution is -2.49. The molecule has 27 heavy (non-hydrogen) atoms. The fourth-order valence-corrected chi connectivity index (χ4v) is 4.96. The summed E-state index contributed by atoms with van der Waals surface area (Å²) in [6, 6.07) is 13.9. The molecule has 0 bridgehead atoms. The van der Waals surface area contributed by atoms with Crippen molar-refractivity contribution in [3.8, 4) is 5.75 Å². The average Bonchev–Trinajstić information content (AvgIpc) is 2.69. The van der Waals surface area contributed by atoms with E-state index in [1.165, 1.54) is 16.8 Å². The van der Waals surface area contributed by atoms with E-state index in [2.05, 4.69) is 36.9 Å². The van der Waals surface area contributed by atoms with Gasteiger partial charge in [0.2, 0.25) is 10.0 Å². The number of hydrogen-bond donors (Lipinski definition) is 0. The summed E-state index contributed by atoms with van der Waals surface area (Å²) >= 11 is 0. The van der Waals surface area contributed by atoms with Gasteiger partial charge in [-0.2, -0.15) is 4.31 Å². The monoisotopic (exact) mass is 388 g/mol. The quantitative estimate of drug-likeness (QED) is 0.763. The Morgan fingerprint density at radius 2 is 1.70 bits per heavy atom.